The summed E-state index contributed by atoms with van der Waals surface area (Å²) in [4.78, 5) is 20.5. The van der Waals surface area contributed by atoms with Crippen molar-refractivity contribution in [3.8, 4) is 10.6 Å². The Hall–Kier alpha value is -1.24. The van der Waals surface area contributed by atoms with Gasteiger partial charge in [0.2, 0.25) is 0 Å². The largest absolute Gasteiger partial charge is 0.374 e. The van der Waals surface area contributed by atoms with Crippen LogP contribution in [0.25, 0.3) is 10.6 Å². The lowest BCUT2D eigenvalue weighted by Gasteiger charge is -2.37. The molecular formula is C16H18N2O2S2. The van der Waals surface area contributed by atoms with E-state index in [0.717, 1.165) is 40.4 Å². The second-order valence-electron chi connectivity index (χ2n) is 5.86. The van der Waals surface area contributed by atoms with Gasteiger partial charge in [-0.3, -0.25) is 4.79 Å². The third kappa shape index (κ3) is 2.49. The number of nitrogens with zero attached hydrogens (tertiary/aromatic N) is 2. The summed E-state index contributed by atoms with van der Waals surface area (Å²) in [6, 6.07) is 2.26. The summed E-state index contributed by atoms with van der Waals surface area (Å²) >= 11 is 3.24. The molecule has 3 heterocycles. The van der Waals surface area contributed by atoms with Crippen molar-refractivity contribution in [2.75, 3.05) is 13.2 Å². The minimum atomic E-state index is 0.148. The number of aromatic nitrogens is 1. The molecule has 6 heteroatoms. The number of fused-ring (bicyclic) bond motifs is 1. The van der Waals surface area contributed by atoms with Crippen molar-refractivity contribution in [2.24, 2.45) is 0 Å². The highest BCUT2D eigenvalue weighted by molar-refractivity contribution is 7.14. The van der Waals surface area contributed by atoms with Crippen molar-refractivity contribution in [1.82, 2.24) is 9.88 Å². The molecule has 2 aliphatic rings. The van der Waals surface area contributed by atoms with Gasteiger partial charge >= 0.3 is 0 Å². The van der Waals surface area contributed by atoms with E-state index >= 15 is 0 Å². The van der Waals surface area contributed by atoms with Gasteiger partial charge in [-0.05, 0) is 32.3 Å². The van der Waals surface area contributed by atoms with E-state index in [2.05, 4.69) is 10.4 Å². The van der Waals surface area contributed by atoms with Crippen LogP contribution in [0.5, 0.6) is 0 Å². The van der Waals surface area contributed by atoms with Crippen molar-refractivity contribution in [1.29, 1.82) is 0 Å². The molecule has 0 N–H and O–H groups in total. The molecule has 1 saturated heterocycles. The zero-order chi connectivity index (χ0) is 15.1. The molecule has 2 aromatic heterocycles. The maximum absolute atomic E-state index is 12.9. The van der Waals surface area contributed by atoms with Gasteiger partial charge in [0, 0.05) is 17.3 Å². The second kappa shape index (κ2) is 5.76. The van der Waals surface area contributed by atoms with Gasteiger partial charge < -0.3 is 9.64 Å². The molecule has 2 atom stereocenters. The van der Waals surface area contributed by atoms with Crippen LogP contribution >= 0.6 is 22.7 Å². The predicted molar refractivity (Wildman–Crippen MR) is 88.6 cm³/mol. The lowest BCUT2D eigenvalue weighted by Crippen LogP contribution is -2.51. The number of carbonyl (C=O) groups excluding carboxylic acids is 1. The molecular weight excluding hydrogens is 316 g/mol. The Balaban J connectivity index is 1.56. The number of thiazole rings is 1. The first-order valence-corrected chi connectivity index (χ1v) is 9.42. The first-order valence-electron chi connectivity index (χ1n) is 7.66. The van der Waals surface area contributed by atoms with Gasteiger partial charge in [0.15, 0.2) is 0 Å². The fourth-order valence-corrected chi connectivity index (χ4v) is 4.93. The highest BCUT2D eigenvalue weighted by Crippen LogP contribution is 2.33. The minimum Gasteiger partial charge on any atom is -0.374 e. The number of thiophene rings is 1. The zero-order valence-corrected chi connectivity index (χ0v) is 14.1. The number of hydrogen-bond acceptors (Lipinski definition) is 5. The number of ether oxygens (including phenoxy) is 1. The summed E-state index contributed by atoms with van der Waals surface area (Å²) in [5.74, 6) is 0.148. The monoisotopic (exact) mass is 334 g/mol. The molecule has 1 aliphatic carbocycles. The van der Waals surface area contributed by atoms with Crippen molar-refractivity contribution in [3.63, 3.8) is 0 Å². The molecule has 1 aliphatic heterocycles. The van der Waals surface area contributed by atoms with E-state index < -0.39 is 0 Å². The standard InChI is InChI=1S/C16H18N2O2S2/c1-10-17-12(9-21-10)15-7-11(8-22-15)16(19)18-5-6-20-14-4-2-3-13(14)18/h7-9,13-14H,2-6H2,1H3/t13-,14-/m0/s1. The van der Waals surface area contributed by atoms with E-state index in [1.165, 1.54) is 0 Å². The lowest BCUT2D eigenvalue weighted by atomic mass is 10.1. The zero-order valence-electron chi connectivity index (χ0n) is 12.4. The Morgan fingerprint density at radius 1 is 1.36 bits per heavy atom. The van der Waals surface area contributed by atoms with Crippen molar-refractivity contribution < 1.29 is 9.53 Å². The summed E-state index contributed by atoms with van der Waals surface area (Å²) < 4.78 is 5.80. The topological polar surface area (TPSA) is 42.4 Å². The fraction of sp³-hybridized carbons (Fsp3) is 0.500. The molecule has 0 spiro atoms. The maximum Gasteiger partial charge on any atom is 0.255 e. The first kappa shape index (κ1) is 14.4. The van der Waals surface area contributed by atoms with E-state index in [9.17, 15) is 4.79 Å². The normalized spacial score (nSPS) is 24.5. The molecule has 0 bridgehead atoms. The number of morpholine rings is 1. The Labute approximate surface area is 137 Å². The predicted octanol–water partition coefficient (Wildman–Crippen LogP) is 3.57. The van der Waals surface area contributed by atoms with E-state index in [1.54, 1.807) is 22.7 Å². The van der Waals surface area contributed by atoms with Crippen molar-refractivity contribution >= 4 is 28.6 Å². The van der Waals surface area contributed by atoms with Crippen LogP contribution in [0.3, 0.4) is 0 Å². The molecule has 4 rings (SSSR count). The van der Waals surface area contributed by atoms with Crippen molar-refractivity contribution in [3.05, 3.63) is 27.4 Å². The molecule has 0 unspecified atom stereocenters. The third-order valence-electron chi connectivity index (χ3n) is 4.46. The highest BCUT2D eigenvalue weighted by Gasteiger charge is 2.38. The van der Waals surface area contributed by atoms with Gasteiger partial charge in [-0.1, -0.05) is 0 Å². The van der Waals surface area contributed by atoms with E-state index in [1.807, 2.05) is 23.3 Å². The van der Waals surface area contributed by atoms with Crippen LogP contribution in [-0.2, 0) is 4.74 Å². The molecule has 2 fully saturated rings. The number of rotatable bonds is 2. The average Bonchev–Trinajstić information content (AvgIpc) is 3.25. The summed E-state index contributed by atoms with van der Waals surface area (Å²) in [6.07, 6.45) is 3.56. The summed E-state index contributed by atoms with van der Waals surface area (Å²) in [6.45, 7) is 3.37. The van der Waals surface area contributed by atoms with Crippen LogP contribution in [-0.4, -0.2) is 41.1 Å². The second-order valence-corrected chi connectivity index (χ2v) is 7.83. The number of hydrogen-bond donors (Lipinski definition) is 0. The van der Waals surface area contributed by atoms with Gasteiger partial charge in [0.05, 0.1) is 39.9 Å². The van der Waals surface area contributed by atoms with Crippen LogP contribution in [0.2, 0.25) is 0 Å². The maximum atomic E-state index is 12.9. The van der Waals surface area contributed by atoms with Crippen LogP contribution in [0, 0.1) is 6.92 Å². The van der Waals surface area contributed by atoms with Crippen LogP contribution in [0.15, 0.2) is 16.8 Å². The van der Waals surface area contributed by atoms with Crippen LogP contribution in [0.1, 0.15) is 34.6 Å². The van der Waals surface area contributed by atoms with E-state index in [4.69, 9.17) is 4.74 Å². The molecule has 2 aromatic rings. The summed E-state index contributed by atoms with van der Waals surface area (Å²) in [5, 5.41) is 5.07. The fourth-order valence-electron chi connectivity index (χ4n) is 3.40. The smallest absolute Gasteiger partial charge is 0.255 e. The minimum absolute atomic E-state index is 0.148. The summed E-state index contributed by atoms with van der Waals surface area (Å²) in [7, 11) is 0. The van der Waals surface area contributed by atoms with Gasteiger partial charge in [-0.2, -0.15) is 0 Å². The molecule has 1 amide bonds. The van der Waals surface area contributed by atoms with Crippen LogP contribution < -0.4 is 0 Å². The Morgan fingerprint density at radius 2 is 2.27 bits per heavy atom. The SMILES string of the molecule is Cc1nc(-c2cc(C(=O)N3CCO[C@H]4CCC[C@@H]43)cs2)cs1. The first-order chi connectivity index (χ1) is 10.7. The Morgan fingerprint density at radius 3 is 3.09 bits per heavy atom. The van der Waals surface area contributed by atoms with E-state index in [0.29, 0.717) is 13.2 Å². The van der Waals surface area contributed by atoms with Gasteiger partial charge in [-0.15, -0.1) is 22.7 Å². The molecule has 4 nitrogen and oxygen atoms in total. The molecule has 0 aromatic carbocycles. The lowest BCUT2D eigenvalue weighted by molar-refractivity contribution is -0.0445. The highest BCUT2D eigenvalue weighted by atomic mass is 32.1. The number of amides is 1. The Bertz CT molecular complexity index is 694. The molecule has 22 heavy (non-hydrogen) atoms. The average molecular weight is 334 g/mol. The van der Waals surface area contributed by atoms with Gasteiger partial charge in [0.25, 0.3) is 5.91 Å². The molecule has 1 saturated carbocycles. The van der Waals surface area contributed by atoms with Crippen LogP contribution in [0.4, 0.5) is 0 Å². The molecule has 0 radical (unpaired) electrons. The van der Waals surface area contributed by atoms with Crippen molar-refractivity contribution in [2.45, 2.75) is 38.3 Å². The number of carbonyl (C=O) groups is 1. The molecule has 116 valence electrons. The Kier molecular flexibility index (Phi) is 3.76. The van der Waals surface area contributed by atoms with Gasteiger partial charge in [0.1, 0.15) is 0 Å². The third-order valence-corrected chi connectivity index (χ3v) is 6.19. The number of aryl methyl sites for hydroxylation is 1. The quantitative estimate of drug-likeness (QED) is 0.843. The summed E-state index contributed by atoms with van der Waals surface area (Å²) in [5.41, 5.74) is 1.77. The van der Waals surface area contributed by atoms with Gasteiger partial charge in [-0.25, -0.2) is 4.98 Å². The van der Waals surface area contributed by atoms with E-state index in [-0.39, 0.29) is 18.1 Å².